The molecule has 33 heavy (non-hydrogen) atoms. The number of aryl methyl sites for hydroxylation is 2. The van der Waals surface area contributed by atoms with Gasteiger partial charge < -0.3 is 4.42 Å². The first-order chi connectivity index (χ1) is 16.0. The van der Waals surface area contributed by atoms with Crippen LogP contribution in [-0.4, -0.2) is 14.8 Å². The molecular formula is C26H20ClN3O2S. The molecule has 0 aliphatic heterocycles. The Morgan fingerprint density at radius 2 is 1.73 bits per heavy atom. The summed E-state index contributed by atoms with van der Waals surface area (Å²) >= 11 is 7.62. The molecule has 2 heterocycles. The van der Waals surface area contributed by atoms with E-state index >= 15 is 0 Å². The van der Waals surface area contributed by atoms with Crippen LogP contribution in [-0.2, 0) is 5.75 Å². The van der Waals surface area contributed by atoms with Crippen LogP contribution in [0.5, 0.6) is 0 Å². The minimum absolute atomic E-state index is 0.356. The monoisotopic (exact) mass is 473 g/mol. The van der Waals surface area contributed by atoms with Crippen molar-refractivity contribution in [3.63, 3.8) is 0 Å². The molecule has 7 heteroatoms. The predicted octanol–water partition coefficient (Wildman–Crippen LogP) is 6.60. The first kappa shape index (κ1) is 21.5. The number of hydrogen-bond donors (Lipinski definition) is 0. The maximum absolute atomic E-state index is 12.1. The van der Waals surface area contributed by atoms with Gasteiger partial charge in [0.25, 0.3) is 0 Å². The summed E-state index contributed by atoms with van der Waals surface area (Å²) in [4.78, 5) is 12.1. The highest BCUT2D eigenvalue weighted by molar-refractivity contribution is 7.98. The molecule has 0 spiro atoms. The fourth-order valence-electron chi connectivity index (χ4n) is 3.75. The molecule has 0 atom stereocenters. The molecular weight excluding hydrogens is 454 g/mol. The highest BCUT2D eigenvalue weighted by Gasteiger charge is 2.17. The van der Waals surface area contributed by atoms with Gasteiger partial charge >= 0.3 is 5.63 Å². The van der Waals surface area contributed by atoms with Gasteiger partial charge in [-0.2, -0.15) is 0 Å². The van der Waals surface area contributed by atoms with Crippen molar-refractivity contribution in [2.24, 2.45) is 0 Å². The second kappa shape index (κ2) is 8.89. The molecule has 5 nitrogen and oxygen atoms in total. The number of thioether (sulfide) groups is 1. The number of rotatable bonds is 5. The normalized spacial score (nSPS) is 11.2. The van der Waals surface area contributed by atoms with Crippen LogP contribution >= 0.6 is 23.4 Å². The van der Waals surface area contributed by atoms with Gasteiger partial charge in [0.15, 0.2) is 11.0 Å². The summed E-state index contributed by atoms with van der Waals surface area (Å²) in [7, 11) is 0. The van der Waals surface area contributed by atoms with E-state index in [2.05, 4.69) is 29.3 Å². The summed E-state index contributed by atoms with van der Waals surface area (Å²) in [5, 5.41) is 11.3. The largest absolute Gasteiger partial charge is 0.423 e. The van der Waals surface area contributed by atoms with Crippen LogP contribution in [0, 0.1) is 13.8 Å². The van der Waals surface area contributed by atoms with Crippen LogP contribution in [0.25, 0.3) is 28.0 Å². The third kappa shape index (κ3) is 4.45. The van der Waals surface area contributed by atoms with Crippen molar-refractivity contribution in [1.82, 2.24) is 14.8 Å². The van der Waals surface area contributed by atoms with Gasteiger partial charge in [-0.05, 0) is 73.0 Å². The Bertz CT molecular complexity index is 1520. The van der Waals surface area contributed by atoms with Gasteiger partial charge in [-0.1, -0.05) is 47.6 Å². The molecule has 0 fully saturated rings. The van der Waals surface area contributed by atoms with Crippen LogP contribution in [0.15, 0.2) is 87.2 Å². The number of benzene rings is 3. The molecule has 5 rings (SSSR count). The number of aromatic nitrogens is 3. The molecule has 0 saturated heterocycles. The van der Waals surface area contributed by atoms with Crippen LogP contribution in [0.3, 0.4) is 0 Å². The Morgan fingerprint density at radius 3 is 2.52 bits per heavy atom. The van der Waals surface area contributed by atoms with Crippen molar-refractivity contribution >= 4 is 34.3 Å². The maximum Gasteiger partial charge on any atom is 0.336 e. The van der Waals surface area contributed by atoms with E-state index in [0.29, 0.717) is 16.4 Å². The summed E-state index contributed by atoms with van der Waals surface area (Å²) in [6.45, 7) is 4.03. The van der Waals surface area contributed by atoms with Crippen LogP contribution < -0.4 is 5.63 Å². The molecule has 5 aromatic rings. The van der Waals surface area contributed by atoms with Gasteiger partial charge in [0.05, 0.1) is 0 Å². The Balaban J connectivity index is 1.57. The van der Waals surface area contributed by atoms with Crippen LogP contribution in [0.2, 0.25) is 5.02 Å². The lowest BCUT2D eigenvalue weighted by atomic mass is 10.1. The molecule has 3 aromatic carbocycles. The smallest absolute Gasteiger partial charge is 0.336 e. The van der Waals surface area contributed by atoms with E-state index in [9.17, 15) is 4.79 Å². The average molecular weight is 474 g/mol. The van der Waals surface area contributed by atoms with Gasteiger partial charge in [-0.3, -0.25) is 4.57 Å². The minimum Gasteiger partial charge on any atom is -0.423 e. The summed E-state index contributed by atoms with van der Waals surface area (Å²) in [6.07, 6.45) is 0. The van der Waals surface area contributed by atoms with Gasteiger partial charge in [0, 0.05) is 33.5 Å². The number of halogens is 1. The predicted molar refractivity (Wildman–Crippen MR) is 133 cm³/mol. The zero-order chi connectivity index (χ0) is 22.9. The maximum atomic E-state index is 12.1. The number of hydrogen-bond acceptors (Lipinski definition) is 5. The third-order valence-corrected chi connectivity index (χ3v) is 6.57. The molecule has 0 saturated carbocycles. The Labute approximate surface area is 200 Å². The van der Waals surface area contributed by atoms with Crippen molar-refractivity contribution in [2.75, 3.05) is 0 Å². The summed E-state index contributed by atoms with van der Waals surface area (Å²) in [6, 6.07) is 23.2. The lowest BCUT2D eigenvalue weighted by Crippen LogP contribution is -2.02. The number of fused-ring (bicyclic) bond motifs is 1. The Hall–Kier alpha value is -3.35. The SMILES string of the molecule is Cc1cccc(-n2c(SCc3cc(=O)oc4cc(C)ccc34)nnc2-c2ccc(Cl)cc2)c1. The molecule has 0 amide bonds. The van der Waals surface area contributed by atoms with Crippen LogP contribution in [0.4, 0.5) is 0 Å². The Kier molecular flexibility index (Phi) is 5.79. The lowest BCUT2D eigenvalue weighted by Gasteiger charge is -2.12. The van der Waals surface area contributed by atoms with Crippen molar-refractivity contribution in [3.8, 4) is 17.1 Å². The van der Waals surface area contributed by atoms with Crippen molar-refractivity contribution < 1.29 is 4.42 Å². The molecule has 0 unspecified atom stereocenters. The van der Waals surface area contributed by atoms with Crippen LogP contribution in [0.1, 0.15) is 16.7 Å². The topological polar surface area (TPSA) is 60.9 Å². The van der Waals surface area contributed by atoms with E-state index in [4.69, 9.17) is 16.0 Å². The average Bonchev–Trinajstić information content (AvgIpc) is 3.21. The standard InChI is InChI=1S/C26H20ClN3O2S/c1-16-4-3-5-21(12-16)30-25(18-7-9-20(27)10-8-18)28-29-26(30)33-15-19-14-24(31)32-23-13-17(2)6-11-22(19)23/h3-14H,15H2,1-2H3. The highest BCUT2D eigenvalue weighted by Crippen LogP contribution is 2.32. The van der Waals surface area contributed by atoms with E-state index in [1.807, 2.05) is 66.1 Å². The van der Waals surface area contributed by atoms with Gasteiger partial charge in [-0.15, -0.1) is 10.2 Å². The summed E-state index contributed by atoms with van der Waals surface area (Å²) in [5.74, 6) is 1.28. The first-order valence-corrected chi connectivity index (χ1v) is 11.8. The fourth-order valence-corrected chi connectivity index (χ4v) is 4.82. The minimum atomic E-state index is -0.356. The first-order valence-electron chi connectivity index (χ1n) is 10.4. The third-order valence-electron chi connectivity index (χ3n) is 5.34. The van der Waals surface area contributed by atoms with Crippen molar-refractivity contribution in [3.05, 3.63) is 105 Å². The molecule has 0 N–H and O–H groups in total. The quantitative estimate of drug-likeness (QED) is 0.212. The highest BCUT2D eigenvalue weighted by atomic mass is 35.5. The molecule has 0 aliphatic carbocycles. The molecule has 0 radical (unpaired) electrons. The van der Waals surface area contributed by atoms with E-state index in [1.54, 1.807) is 6.07 Å². The lowest BCUT2D eigenvalue weighted by molar-refractivity contribution is 0.559. The van der Waals surface area contributed by atoms with E-state index in [0.717, 1.165) is 44.3 Å². The molecule has 0 bridgehead atoms. The van der Waals surface area contributed by atoms with E-state index in [-0.39, 0.29) is 5.63 Å². The second-order valence-corrected chi connectivity index (χ2v) is 9.25. The van der Waals surface area contributed by atoms with Gasteiger partial charge in [-0.25, -0.2) is 4.79 Å². The number of nitrogens with zero attached hydrogens (tertiary/aromatic N) is 3. The summed E-state index contributed by atoms with van der Waals surface area (Å²) < 4.78 is 7.44. The van der Waals surface area contributed by atoms with Crippen molar-refractivity contribution in [1.29, 1.82) is 0 Å². The van der Waals surface area contributed by atoms with E-state index in [1.165, 1.54) is 11.8 Å². The van der Waals surface area contributed by atoms with Gasteiger partial charge in [0.1, 0.15) is 5.58 Å². The summed E-state index contributed by atoms with van der Waals surface area (Å²) in [5.41, 5.74) is 5.22. The zero-order valence-electron chi connectivity index (χ0n) is 18.1. The van der Waals surface area contributed by atoms with E-state index < -0.39 is 0 Å². The zero-order valence-corrected chi connectivity index (χ0v) is 19.7. The second-order valence-electron chi connectivity index (χ2n) is 7.87. The van der Waals surface area contributed by atoms with Gasteiger partial charge in [0.2, 0.25) is 0 Å². The fraction of sp³-hybridized carbons (Fsp3) is 0.115. The van der Waals surface area contributed by atoms with Crippen molar-refractivity contribution in [2.45, 2.75) is 24.8 Å². The molecule has 0 aliphatic rings. The molecule has 2 aromatic heterocycles. The molecule has 164 valence electrons. The Morgan fingerprint density at radius 1 is 0.939 bits per heavy atom.